The van der Waals surface area contributed by atoms with Crippen molar-refractivity contribution in [3.05, 3.63) is 20.3 Å². The van der Waals surface area contributed by atoms with E-state index in [1.807, 2.05) is 4.08 Å². The van der Waals surface area contributed by atoms with Crippen molar-refractivity contribution in [2.45, 2.75) is 357 Å². The molecule has 4 rings (SSSR count). The van der Waals surface area contributed by atoms with Gasteiger partial charge in [0.15, 0.2) is 49.9 Å². The molecular formula is C63H126I2O13Si6. The lowest BCUT2D eigenvalue weighted by Gasteiger charge is -2.56. The summed E-state index contributed by atoms with van der Waals surface area (Å²) >= 11 is 4.59. The second-order valence-electron chi connectivity index (χ2n) is 33.9. The summed E-state index contributed by atoms with van der Waals surface area (Å²) in [5, 5.41) is 9.82. The van der Waals surface area contributed by atoms with Gasteiger partial charge in [0.05, 0.1) is 50.2 Å². The minimum atomic E-state index is -2.31. The van der Waals surface area contributed by atoms with Gasteiger partial charge in [-0.25, -0.2) is 0 Å². The maximum Gasteiger partial charge on any atom is 0.308 e. The normalized spacial score (nSPS) is 29.5. The van der Waals surface area contributed by atoms with E-state index in [1.54, 1.807) is 0 Å². The van der Waals surface area contributed by atoms with Crippen LogP contribution in [0.25, 0.3) is 0 Å². The SMILES string of the molecule is CC(C)(C)[Si](C)(C)O[C@@H]1[C@H](O[Si](C)(C)C(C)(C)C)[C@H]([C@H](/C=C/I)O[Si](C)(C)C(C)(C)C)O[C@H]2CC[C@H](CCO)O[C@H]12.COC(=O)C[C@H]1CC[C@@H]2O[C@@H]([C@H](/C=C/I)O[Si](C)(C)C(C)(C)C)[C@@H](O[Si](C)(C)C(C)(C)C)[C@@H](O[Si](C)(C)C(C)(C)C)[C@H]2O1. The number of ether oxygens (including phenoxy) is 5. The first-order valence-corrected chi connectivity index (χ1v) is 51.5. The Labute approximate surface area is 548 Å². The Bertz CT molecular complexity index is 2140. The summed E-state index contributed by atoms with van der Waals surface area (Å²) in [6.07, 6.45) is 4.55. The molecule has 4 saturated heterocycles. The predicted molar refractivity (Wildman–Crippen MR) is 380 cm³/mol. The lowest BCUT2D eigenvalue weighted by atomic mass is 9.87. The smallest absolute Gasteiger partial charge is 0.308 e. The van der Waals surface area contributed by atoms with E-state index in [4.69, 9.17) is 50.2 Å². The fourth-order valence-electron chi connectivity index (χ4n) is 9.48. The molecule has 0 amide bonds. The maximum atomic E-state index is 12.3. The minimum absolute atomic E-state index is 0.00560. The molecule has 13 nitrogen and oxygen atoms in total. The van der Waals surface area contributed by atoms with Crippen LogP contribution in [0.4, 0.5) is 0 Å². The first kappa shape index (κ1) is 79.5. The average Bonchev–Trinajstić information content (AvgIpc) is 2.48. The third kappa shape index (κ3) is 20.4. The van der Waals surface area contributed by atoms with E-state index in [0.717, 1.165) is 25.7 Å². The van der Waals surface area contributed by atoms with Gasteiger partial charge in [-0.1, -0.05) is 170 Å². The van der Waals surface area contributed by atoms with E-state index < -0.39 is 56.0 Å². The van der Waals surface area contributed by atoms with Gasteiger partial charge in [-0.05, 0) is 161 Å². The average molecular weight is 1510 g/mol. The third-order valence-corrected chi connectivity index (χ3v) is 48.9. The van der Waals surface area contributed by atoms with Crippen molar-refractivity contribution < 1.29 is 60.1 Å². The highest BCUT2D eigenvalue weighted by Gasteiger charge is 2.60. The third-order valence-electron chi connectivity index (χ3n) is 21.3. The van der Waals surface area contributed by atoms with Crippen LogP contribution >= 0.6 is 45.2 Å². The number of carbonyl (C=O) groups is 1. The van der Waals surface area contributed by atoms with Gasteiger partial charge in [0.25, 0.3) is 0 Å². The second kappa shape index (κ2) is 29.7. The first-order chi connectivity index (χ1) is 37.7. The molecule has 0 spiro atoms. The fraction of sp³-hybridized carbons (Fsp3) is 0.921. The summed E-state index contributed by atoms with van der Waals surface area (Å²) in [5.74, 6) is -0.260. The van der Waals surface area contributed by atoms with Crippen LogP contribution in [0, 0.1) is 0 Å². The molecule has 0 saturated carbocycles. The van der Waals surface area contributed by atoms with Crippen LogP contribution in [0.1, 0.15) is 163 Å². The summed E-state index contributed by atoms with van der Waals surface area (Å²) in [6.45, 7) is 68.7. The molecule has 0 unspecified atom stereocenters. The highest BCUT2D eigenvalue weighted by molar-refractivity contribution is 14.1. The van der Waals surface area contributed by atoms with E-state index in [0.29, 0.717) is 6.42 Å². The van der Waals surface area contributed by atoms with Gasteiger partial charge in [-0.15, -0.1) is 0 Å². The van der Waals surface area contributed by atoms with Crippen LogP contribution in [0.3, 0.4) is 0 Å². The van der Waals surface area contributed by atoms with Gasteiger partial charge in [0.2, 0.25) is 0 Å². The molecule has 0 radical (unpaired) electrons. The van der Waals surface area contributed by atoms with Gasteiger partial charge in [0, 0.05) is 6.61 Å². The van der Waals surface area contributed by atoms with E-state index in [9.17, 15) is 9.90 Å². The Hall–Kier alpha value is 1.27. The standard InChI is InChI=1S/C32H63IO7Si3.C31H63IO6Si3/c1-30(2,3)41(11,12)38-24(19-20-33)27-29(40-43(15,16)32(7,8)9)28(39-42(13,14)31(4,5)6)26-23(37-27)18-17-22(36-26)21-25(34)35-10;1-29(2,3)39(10,11)36-24(18-20-32)26-28(38-41(14,15)31(7,8)9)27(37-40(12,13)30(4,5)6)25-23(35-26)17-16-22(34-25)19-21-33/h19-20,22-24,26-29H,17-18,21H2,1-16H3;18,20,22-28,33H,16-17,19,21H2,1-15H3/b20-19+;20-18+/t22-,23+,24+,26+,27+,28+,29-;22-,23+,24+,25+,26+,27+,28-/m11/s1. The number of fused-ring (bicyclic) bond motifs is 2. The second-order valence-corrected chi connectivity index (χ2v) is 63.8. The van der Waals surface area contributed by atoms with Crippen LogP contribution in [-0.4, -0.2) is 160 Å². The van der Waals surface area contributed by atoms with Crippen LogP contribution in [0.2, 0.25) is 109 Å². The Kier molecular flexibility index (Phi) is 28.1. The van der Waals surface area contributed by atoms with Crippen LogP contribution in [0.15, 0.2) is 20.3 Å². The number of aliphatic hydroxyl groups excluding tert-OH is 1. The van der Waals surface area contributed by atoms with Crippen molar-refractivity contribution in [1.82, 2.24) is 0 Å². The molecule has 0 aliphatic carbocycles. The lowest BCUT2D eigenvalue weighted by Crippen LogP contribution is -2.69. The van der Waals surface area contributed by atoms with Crippen molar-refractivity contribution in [3.63, 3.8) is 0 Å². The summed E-state index contributed by atoms with van der Waals surface area (Å²) in [6, 6.07) is 0. The van der Waals surface area contributed by atoms with Gasteiger partial charge in [0.1, 0.15) is 48.8 Å². The molecule has 21 heteroatoms. The number of aliphatic hydroxyl groups is 1. The van der Waals surface area contributed by atoms with Gasteiger partial charge in [-0.3, -0.25) is 4.79 Å². The number of esters is 1. The van der Waals surface area contributed by atoms with Crippen molar-refractivity contribution in [2.75, 3.05) is 13.7 Å². The molecule has 4 aliphatic rings. The van der Waals surface area contributed by atoms with E-state index in [-0.39, 0.29) is 129 Å². The number of hydrogen-bond donors (Lipinski definition) is 1. The number of hydrogen-bond acceptors (Lipinski definition) is 13. The van der Waals surface area contributed by atoms with E-state index in [1.165, 1.54) is 7.11 Å². The monoisotopic (exact) mass is 1510 g/mol. The summed E-state index contributed by atoms with van der Waals surface area (Å²) < 4.78 is 80.6. The quantitative estimate of drug-likeness (QED) is 0.0703. The lowest BCUT2D eigenvalue weighted by molar-refractivity contribution is -0.267. The molecule has 1 N–H and O–H groups in total. The Morgan fingerprint density at radius 2 is 0.750 bits per heavy atom. The van der Waals surface area contributed by atoms with Crippen molar-refractivity contribution in [2.24, 2.45) is 0 Å². The Balaban J connectivity index is 0.000000441. The van der Waals surface area contributed by atoms with E-state index in [2.05, 4.69) is 265 Å². The van der Waals surface area contributed by atoms with Gasteiger partial charge >= 0.3 is 5.97 Å². The topological polar surface area (TPSA) is 139 Å². The number of methoxy groups -OCH3 is 1. The highest BCUT2D eigenvalue weighted by atomic mass is 127. The molecule has 84 heavy (non-hydrogen) atoms. The predicted octanol–water partition coefficient (Wildman–Crippen LogP) is 17.8. The summed E-state index contributed by atoms with van der Waals surface area (Å²) in [7, 11) is -12.0. The molecule has 0 aromatic rings. The molecular weight excluding hydrogens is 1390 g/mol. The maximum absolute atomic E-state index is 12.3. The number of halogens is 2. The zero-order valence-corrected chi connectivity index (χ0v) is 69.3. The van der Waals surface area contributed by atoms with Crippen molar-refractivity contribution >= 4 is 101 Å². The largest absolute Gasteiger partial charge is 0.469 e. The zero-order valence-electron chi connectivity index (χ0n) is 58.9. The Morgan fingerprint density at radius 1 is 0.464 bits per heavy atom. The van der Waals surface area contributed by atoms with E-state index >= 15 is 0 Å². The van der Waals surface area contributed by atoms with Crippen LogP contribution in [0.5, 0.6) is 0 Å². The van der Waals surface area contributed by atoms with Crippen molar-refractivity contribution in [3.8, 4) is 0 Å². The molecule has 0 aromatic heterocycles. The molecule has 4 fully saturated rings. The molecule has 4 heterocycles. The molecule has 4 aliphatic heterocycles. The number of carbonyl (C=O) groups excluding carboxylic acids is 1. The fourth-order valence-corrected chi connectivity index (χ4v) is 18.0. The number of rotatable bonds is 20. The molecule has 0 bridgehead atoms. The molecule has 14 atom stereocenters. The van der Waals surface area contributed by atoms with Crippen LogP contribution in [-0.2, 0) is 55.0 Å². The summed E-state index contributed by atoms with van der Waals surface area (Å²) in [4.78, 5) is 12.3. The molecule has 0 aromatic carbocycles. The van der Waals surface area contributed by atoms with Crippen LogP contribution < -0.4 is 0 Å². The summed E-state index contributed by atoms with van der Waals surface area (Å²) in [5.41, 5.74) is 0. The van der Waals surface area contributed by atoms with Gasteiger partial charge < -0.3 is 55.3 Å². The highest BCUT2D eigenvalue weighted by Crippen LogP contribution is 2.50. The van der Waals surface area contributed by atoms with Gasteiger partial charge in [-0.2, -0.15) is 0 Å². The minimum Gasteiger partial charge on any atom is -0.469 e. The zero-order chi connectivity index (χ0) is 65.2. The Morgan fingerprint density at radius 3 is 1.02 bits per heavy atom. The molecule has 494 valence electrons. The van der Waals surface area contributed by atoms with Crippen molar-refractivity contribution in [1.29, 1.82) is 0 Å². The first-order valence-electron chi connectivity index (χ1n) is 31.6.